The molecule has 0 radical (unpaired) electrons. The summed E-state index contributed by atoms with van der Waals surface area (Å²) >= 11 is 0. The van der Waals surface area contributed by atoms with Crippen molar-refractivity contribution < 1.29 is 0 Å². The number of amidine groups is 1. The molecule has 118 valence electrons. The molecule has 1 unspecified atom stereocenters. The number of nitrogens with zero attached hydrogens (tertiary/aromatic N) is 2. The van der Waals surface area contributed by atoms with Gasteiger partial charge in [0.25, 0.3) is 0 Å². The third-order valence-corrected chi connectivity index (χ3v) is 5.05. The highest BCUT2D eigenvalue weighted by molar-refractivity contribution is 5.91. The number of hydrogen-bond donors (Lipinski definition) is 1. The van der Waals surface area contributed by atoms with Crippen LogP contribution in [0.25, 0.3) is 17.0 Å². The molecule has 0 bridgehead atoms. The maximum Gasteiger partial charge on any atom is 0.106 e. The highest BCUT2D eigenvalue weighted by Gasteiger charge is 2.30. The fourth-order valence-electron chi connectivity index (χ4n) is 3.88. The van der Waals surface area contributed by atoms with Gasteiger partial charge in [-0.05, 0) is 24.1 Å². The second kappa shape index (κ2) is 5.38. The molecule has 1 atom stereocenters. The second-order valence-electron chi connectivity index (χ2n) is 6.48. The molecule has 0 saturated carbocycles. The molecule has 2 aliphatic rings. The van der Waals surface area contributed by atoms with Gasteiger partial charge < -0.3 is 9.88 Å². The molecule has 1 N–H and O–H groups in total. The predicted molar refractivity (Wildman–Crippen MR) is 99.6 cm³/mol. The van der Waals surface area contributed by atoms with Crippen LogP contribution in [0.3, 0.4) is 0 Å². The van der Waals surface area contributed by atoms with Crippen LogP contribution in [-0.2, 0) is 0 Å². The van der Waals surface area contributed by atoms with E-state index in [4.69, 9.17) is 4.99 Å². The average molecular weight is 313 g/mol. The molecule has 3 heterocycles. The van der Waals surface area contributed by atoms with Gasteiger partial charge in [-0.25, -0.2) is 4.99 Å². The van der Waals surface area contributed by atoms with E-state index in [2.05, 4.69) is 76.8 Å². The molecule has 3 aromatic rings. The van der Waals surface area contributed by atoms with Gasteiger partial charge in [0.05, 0.1) is 11.7 Å². The van der Waals surface area contributed by atoms with E-state index >= 15 is 0 Å². The van der Waals surface area contributed by atoms with Crippen LogP contribution in [-0.4, -0.2) is 22.3 Å². The van der Waals surface area contributed by atoms with E-state index in [0.717, 1.165) is 18.7 Å². The van der Waals surface area contributed by atoms with Gasteiger partial charge >= 0.3 is 0 Å². The molecule has 0 spiro atoms. The van der Waals surface area contributed by atoms with Crippen molar-refractivity contribution in [2.45, 2.75) is 18.9 Å². The van der Waals surface area contributed by atoms with Crippen LogP contribution in [0.4, 0.5) is 5.69 Å². The number of aromatic amines is 1. The van der Waals surface area contributed by atoms with Gasteiger partial charge in [-0.15, -0.1) is 0 Å². The number of nitrogens with one attached hydrogen (secondary N) is 1. The van der Waals surface area contributed by atoms with Crippen molar-refractivity contribution in [3.63, 3.8) is 0 Å². The van der Waals surface area contributed by atoms with Crippen molar-refractivity contribution in [2.24, 2.45) is 4.99 Å². The van der Waals surface area contributed by atoms with Crippen LogP contribution in [0.15, 0.2) is 65.8 Å². The summed E-state index contributed by atoms with van der Waals surface area (Å²) in [6.07, 6.45) is 8.96. The third kappa shape index (κ3) is 2.08. The zero-order chi connectivity index (χ0) is 15.9. The zero-order valence-corrected chi connectivity index (χ0v) is 13.4. The molecular formula is C21H19N3. The maximum absolute atomic E-state index is 4.86. The van der Waals surface area contributed by atoms with Gasteiger partial charge in [0.15, 0.2) is 0 Å². The lowest BCUT2D eigenvalue weighted by Crippen LogP contribution is -2.31. The Labute approximate surface area is 141 Å². The summed E-state index contributed by atoms with van der Waals surface area (Å²) in [6.45, 7) is 1.09. The minimum absolute atomic E-state index is 0.282. The smallest absolute Gasteiger partial charge is 0.106 e. The Morgan fingerprint density at radius 1 is 1.08 bits per heavy atom. The first-order valence-corrected chi connectivity index (χ1v) is 8.57. The highest BCUT2D eigenvalue weighted by atomic mass is 15.2. The predicted octanol–water partition coefficient (Wildman–Crippen LogP) is 5.06. The van der Waals surface area contributed by atoms with Gasteiger partial charge in [-0.3, -0.25) is 0 Å². The monoisotopic (exact) mass is 313 g/mol. The number of aromatic nitrogens is 1. The number of fused-ring (bicyclic) bond motifs is 3. The molecule has 24 heavy (non-hydrogen) atoms. The Hall–Kier alpha value is -2.81. The van der Waals surface area contributed by atoms with Gasteiger partial charge in [0.1, 0.15) is 5.84 Å². The van der Waals surface area contributed by atoms with E-state index in [0.29, 0.717) is 0 Å². The van der Waals surface area contributed by atoms with Gasteiger partial charge in [0.2, 0.25) is 0 Å². The van der Waals surface area contributed by atoms with Crippen LogP contribution < -0.4 is 0 Å². The number of aliphatic imine (C=N–C) groups is 1. The van der Waals surface area contributed by atoms with Gasteiger partial charge in [0, 0.05) is 35.6 Å². The minimum atomic E-state index is 0.282. The average Bonchev–Trinajstić information content (AvgIpc) is 3.25. The lowest BCUT2D eigenvalue weighted by molar-refractivity contribution is 0.391. The van der Waals surface area contributed by atoms with Crippen LogP contribution in [0.1, 0.15) is 30.0 Å². The molecule has 1 aromatic heterocycles. The van der Waals surface area contributed by atoms with E-state index < -0.39 is 0 Å². The first kappa shape index (κ1) is 13.6. The summed E-state index contributed by atoms with van der Waals surface area (Å²) in [4.78, 5) is 10.7. The van der Waals surface area contributed by atoms with E-state index in [1.165, 1.54) is 34.3 Å². The number of para-hydroxylation sites is 2. The van der Waals surface area contributed by atoms with Gasteiger partial charge in [-0.2, -0.15) is 0 Å². The van der Waals surface area contributed by atoms with E-state index in [9.17, 15) is 0 Å². The number of H-pyrrole nitrogens is 1. The lowest BCUT2D eigenvalue weighted by Gasteiger charge is -2.32. The standard InChI is InChI=1S/C21H19N3/c1-3-8-18-16(6-1)15(14-22-18)11-12-20-17-7-2-4-9-19(17)23-21-10-5-13-24(20)21/h1-4,6-9,11-12,14,20,22H,5,10,13H2. The molecule has 1 fully saturated rings. The summed E-state index contributed by atoms with van der Waals surface area (Å²) in [5, 5.41) is 1.27. The molecule has 0 aliphatic carbocycles. The molecule has 1 saturated heterocycles. The van der Waals surface area contributed by atoms with Crippen molar-refractivity contribution in [1.29, 1.82) is 0 Å². The molecule has 5 rings (SSSR count). The molecule has 2 aromatic carbocycles. The first-order valence-electron chi connectivity index (χ1n) is 8.57. The third-order valence-electron chi connectivity index (χ3n) is 5.05. The van der Waals surface area contributed by atoms with E-state index in [-0.39, 0.29) is 6.04 Å². The number of hydrogen-bond acceptors (Lipinski definition) is 2. The number of benzene rings is 2. The zero-order valence-electron chi connectivity index (χ0n) is 13.4. The maximum atomic E-state index is 4.86. The van der Waals surface area contributed by atoms with Crippen LogP contribution in [0.2, 0.25) is 0 Å². The minimum Gasteiger partial charge on any atom is -0.361 e. The molecule has 3 nitrogen and oxygen atoms in total. The fraction of sp³-hybridized carbons (Fsp3) is 0.190. The van der Waals surface area contributed by atoms with Crippen molar-refractivity contribution >= 4 is 28.5 Å². The molecule has 3 heteroatoms. The molecule has 0 amide bonds. The summed E-state index contributed by atoms with van der Waals surface area (Å²) in [5.74, 6) is 1.24. The Balaban J connectivity index is 1.57. The van der Waals surface area contributed by atoms with Crippen LogP contribution in [0, 0.1) is 0 Å². The van der Waals surface area contributed by atoms with E-state index in [1.807, 2.05) is 0 Å². The fourth-order valence-corrected chi connectivity index (χ4v) is 3.88. The number of rotatable bonds is 2. The SMILES string of the molecule is C(=CC1c2ccccc2N=C2CCCN21)c1c[nH]c2ccccc12. The highest BCUT2D eigenvalue weighted by Crippen LogP contribution is 2.39. The topological polar surface area (TPSA) is 31.4 Å². The Morgan fingerprint density at radius 3 is 2.96 bits per heavy atom. The van der Waals surface area contributed by atoms with E-state index in [1.54, 1.807) is 0 Å². The van der Waals surface area contributed by atoms with Crippen molar-refractivity contribution in [3.8, 4) is 0 Å². The summed E-state index contributed by atoms with van der Waals surface area (Å²) < 4.78 is 0. The normalized spacial score (nSPS) is 19.6. The van der Waals surface area contributed by atoms with Crippen LogP contribution in [0.5, 0.6) is 0 Å². The summed E-state index contributed by atoms with van der Waals surface area (Å²) in [7, 11) is 0. The van der Waals surface area contributed by atoms with Crippen molar-refractivity contribution in [3.05, 3.63) is 71.9 Å². The Bertz CT molecular complexity index is 964. The summed E-state index contributed by atoms with van der Waals surface area (Å²) in [5.41, 5.74) is 4.86. The largest absolute Gasteiger partial charge is 0.361 e. The Kier molecular flexibility index (Phi) is 3.05. The summed E-state index contributed by atoms with van der Waals surface area (Å²) in [6, 6.07) is 17.3. The van der Waals surface area contributed by atoms with Crippen molar-refractivity contribution in [1.82, 2.24) is 9.88 Å². The molecular weight excluding hydrogens is 294 g/mol. The van der Waals surface area contributed by atoms with Crippen molar-refractivity contribution in [2.75, 3.05) is 6.54 Å². The second-order valence-corrected chi connectivity index (χ2v) is 6.48. The van der Waals surface area contributed by atoms with Crippen LogP contribution >= 0.6 is 0 Å². The quantitative estimate of drug-likeness (QED) is 0.704. The van der Waals surface area contributed by atoms with Gasteiger partial charge in [-0.1, -0.05) is 48.6 Å². The molecule has 2 aliphatic heterocycles. The first-order chi connectivity index (χ1) is 11.9. The lowest BCUT2D eigenvalue weighted by atomic mass is 10.00. The Morgan fingerprint density at radius 2 is 1.96 bits per heavy atom.